The number of nitro groups is 1. The van der Waals surface area contributed by atoms with Crippen LogP contribution in [-0.2, 0) is 0 Å². The van der Waals surface area contributed by atoms with Gasteiger partial charge in [-0.1, -0.05) is 29.8 Å². The fourth-order valence-corrected chi connectivity index (χ4v) is 3.23. The van der Waals surface area contributed by atoms with Crippen molar-refractivity contribution in [2.24, 2.45) is 0 Å². The summed E-state index contributed by atoms with van der Waals surface area (Å²) in [6.45, 7) is 0. The van der Waals surface area contributed by atoms with E-state index in [9.17, 15) is 14.9 Å². The third-order valence-electron chi connectivity index (χ3n) is 4.37. The van der Waals surface area contributed by atoms with Gasteiger partial charge in [-0.05, 0) is 48.0 Å². The Balaban J connectivity index is 1.95. The van der Waals surface area contributed by atoms with Gasteiger partial charge in [0.2, 0.25) is 5.78 Å². The first kappa shape index (κ1) is 17.0. The van der Waals surface area contributed by atoms with Gasteiger partial charge >= 0.3 is 0 Å². The number of non-ortho nitro benzene ring substituents is 1. The monoisotopic (exact) mass is 376 g/mol. The molecule has 4 aromatic rings. The normalized spacial score (nSPS) is 10.9. The number of fused-ring (bicyclic) bond motifs is 1. The number of carbonyl (C=O) groups is 1. The molecule has 0 aliphatic heterocycles. The van der Waals surface area contributed by atoms with Crippen LogP contribution in [0.5, 0.6) is 0 Å². The zero-order valence-electron chi connectivity index (χ0n) is 14.0. The lowest BCUT2D eigenvalue weighted by atomic mass is 10.00. The Morgan fingerprint density at radius 3 is 2.48 bits per heavy atom. The molecule has 0 saturated carbocycles. The molecular weight excluding hydrogens is 364 g/mol. The number of hydrogen-bond donors (Lipinski definition) is 0. The third kappa shape index (κ3) is 3.09. The molecule has 2 heterocycles. The molecule has 2 aromatic heterocycles. The number of aromatic nitrogens is 1. The Hall–Kier alpha value is -3.44. The summed E-state index contributed by atoms with van der Waals surface area (Å²) in [4.78, 5) is 24.0. The third-order valence-corrected chi connectivity index (χ3v) is 4.62. The molecule has 0 atom stereocenters. The van der Waals surface area contributed by atoms with Crippen LogP contribution < -0.4 is 0 Å². The molecule has 0 spiro atoms. The molecule has 6 heteroatoms. The molecular formula is C21H13ClN2O3. The van der Waals surface area contributed by atoms with E-state index in [-0.39, 0.29) is 11.5 Å². The quantitative estimate of drug-likeness (QED) is 0.272. The largest absolute Gasteiger partial charge is 0.313 e. The van der Waals surface area contributed by atoms with Gasteiger partial charge in [-0.3, -0.25) is 14.9 Å². The Morgan fingerprint density at radius 1 is 0.963 bits per heavy atom. The number of ketones is 1. The molecule has 0 N–H and O–H groups in total. The number of halogens is 1. The first-order valence-electron chi connectivity index (χ1n) is 8.20. The number of hydrogen-bond acceptors (Lipinski definition) is 3. The highest BCUT2D eigenvalue weighted by molar-refractivity contribution is 6.30. The van der Waals surface area contributed by atoms with E-state index >= 15 is 0 Å². The lowest BCUT2D eigenvalue weighted by Gasteiger charge is -2.07. The van der Waals surface area contributed by atoms with Gasteiger partial charge in [-0.15, -0.1) is 0 Å². The van der Waals surface area contributed by atoms with Crippen molar-refractivity contribution in [3.05, 3.63) is 105 Å². The molecule has 27 heavy (non-hydrogen) atoms. The molecule has 0 radical (unpaired) electrons. The molecule has 0 fully saturated rings. The zero-order chi connectivity index (χ0) is 19.0. The fourth-order valence-electron chi connectivity index (χ4n) is 3.10. The average molecular weight is 377 g/mol. The molecule has 0 saturated heterocycles. The topological polar surface area (TPSA) is 64.6 Å². The van der Waals surface area contributed by atoms with Crippen molar-refractivity contribution < 1.29 is 9.72 Å². The van der Waals surface area contributed by atoms with E-state index in [1.807, 2.05) is 24.3 Å². The minimum atomic E-state index is -0.444. The van der Waals surface area contributed by atoms with Gasteiger partial charge in [0.1, 0.15) is 5.69 Å². The van der Waals surface area contributed by atoms with Gasteiger partial charge in [0.05, 0.1) is 4.92 Å². The second-order valence-electron chi connectivity index (χ2n) is 6.05. The summed E-state index contributed by atoms with van der Waals surface area (Å²) in [5.74, 6) is -0.181. The summed E-state index contributed by atoms with van der Waals surface area (Å²) in [5.41, 5.74) is 3.02. The summed E-state index contributed by atoms with van der Waals surface area (Å²) < 4.78 is 1.80. The van der Waals surface area contributed by atoms with E-state index < -0.39 is 4.92 Å². The number of nitro benzene ring substituents is 1. The molecule has 0 unspecified atom stereocenters. The molecule has 5 nitrogen and oxygen atoms in total. The number of nitrogens with zero attached hydrogens (tertiary/aromatic N) is 2. The van der Waals surface area contributed by atoms with Crippen molar-refractivity contribution in [3.8, 4) is 11.1 Å². The maximum Gasteiger partial charge on any atom is 0.270 e. The van der Waals surface area contributed by atoms with Crippen LogP contribution in [0.25, 0.3) is 16.6 Å². The van der Waals surface area contributed by atoms with Crippen molar-refractivity contribution in [2.45, 2.75) is 0 Å². The summed E-state index contributed by atoms with van der Waals surface area (Å²) in [6.07, 6.45) is 1.80. The minimum Gasteiger partial charge on any atom is -0.313 e. The van der Waals surface area contributed by atoms with Crippen molar-refractivity contribution >= 4 is 28.6 Å². The van der Waals surface area contributed by atoms with Crippen LogP contribution >= 0.6 is 11.6 Å². The van der Waals surface area contributed by atoms with E-state index in [4.69, 9.17) is 11.6 Å². The molecule has 4 rings (SSSR count). The van der Waals surface area contributed by atoms with Crippen molar-refractivity contribution in [2.75, 3.05) is 0 Å². The highest BCUT2D eigenvalue weighted by Gasteiger charge is 2.21. The van der Waals surface area contributed by atoms with Crippen LogP contribution in [-0.4, -0.2) is 15.1 Å². The van der Waals surface area contributed by atoms with Gasteiger partial charge < -0.3 is 4.40 Å². The highest BCUT2D eigenvalue weighted by Crippen LogP contribution is 2.31. The van der Waals surface area contributed by atoms with Gasteiger partial charge in [-0.2, -0.15) is 0 Å². The maximum atomic E-state index is 13.2. The van der Waals surface area contributed by atoms with Gasteiger partial charge in [0.15, 0.2) is 0 Å². The smallest absolute Gasteiger partial charge is 0.270 e. The van der Waals surface area contributed by atoms with Gasteiger partial charge in [-0.25, -0.2) is 0 Å². The first-order chi connectivity index (χ1) is 13.0. The van der Waals surface area contributed by atoms with E-state index in [0.29, 0.717) is 27.4 Å². The fraction of sp³-hybridized carbons (Fsp3) is 0. The average Bonchev–Trinajstić information content (AvgIpc) is 3.07. The molecule has 2 aromatic carbocycles. The summed E-state index contributed by atoms with van der Waals surface area (Å²) >= 11 is 5.93. The Morgan fingerprint density at radius 2 is 1.74 bits per heavy atom. The lowest BCUT2D eigenvalue weighted by molar-refractivity contribution is -0.384. The van der Waals surface area contributed by atoms with E-state index in [0.717, 1.165) is 5.52 Å². The Bertz CT molecular complexity index is 1180. The second-order valence-corrected chi connectivity index (χ2v) is 6.48. The molecule has 0 bridgehead atoms. The lowest BCUT2D eigenvalue weighted by Crippen LogP contribution is -2.06. The van der Waals surface area contributed by atoms with Crippen molar-refractivity contribution in [3.63, 3.8) is 0 Å². The summed E-state index contributed by atoms with van der Waals surface area (Å²) in [6, 6.07) is 20.4. The van der Waals surface area contributed by atoms with Crippen LogP contribution in [0.3, 0.4) is 0 Å². The van der Waals surface area contributed by atoms with Crippen LogP contribution in [0, 0.1) is 10.1 Å². The molecule has 0 amide bonds. The standard InChI is InChI=1S/C21H13ClN2O3/c22-16-9-7-14(8-10-16)21(25)20-19(13-17-5-1-2-11-23(17)20)15-4-3-6-18(12-15)24(26)27/h1-13H. The number of benzene rings is 2. The van der Waals surface area contributed by atoms with E-state index in [2.05, 4.69) is 0 Å². The van der Waals surface area contributed by atoms with Crippen LogP contribution in [0.1, 0.15) is 16.1 Å². The summed E-state index contributed by atoms with van der Waals surface area (Å²) in [5, 5.41) is 11.7. The number of carbonyl (C=O) groups excluding carboxylic acids is 1. The van der Waals surface area contributed by atoms with Crippen LogP contribution in [0.2, 0.25) is 5.02 Å². The summed E-state index contributed by atoms with van der Waals surface area (Å²) in [7, 11) is 0. The van der Waals surface area contributed by atoms with Crippen molar-refractivity contribution in [1.29, 1.82) is 0 Å². The maximum absolute atomic E-state index is 13.2. The Kier molecular flexibility index (Phi) is 4.22. The highest BCUT2D eigenvalue weighted by atomic mass is 35.5. The molecule has 132 valence electrons. The molecule has 0 aliphatic carbocycles. The predicted molar refractivity (Wildman–Crippen MR) is 104 cm³/mol. The Labute approximate surface area is 159 Å². The number of pyridine rings is 1. The number of rotatable bonds is 4. The first-order valence-corrected chi connectivity index (χ1v) is 8.57. The van der Waals surface area contributed by atoms with E-state index in [1.165, 1.54) is 12.1 Å². The van der Waals surface area contributed by atoms with Gasteiger partial charge in [0.25, 0.3) is 5.69 Å². The van der Waals surface area contributed by atoms with E-state index in [1.54, 1.807) is 47.0 Å². The SMILES string of the molecule is O=C(c1ccc(Cl)cc1)c1c(-c2cccc([N+](=O)[O-])c2)cc2ccccn12. The van der Waals surface area contributed by atoms with Crippen molar-refractivity contribution in [1.82, 2.24) is 4.40 Å². The zero-order valence-corrected chi connectivity index (χ0v) is 14.8. The minimum absolute atomic E-state index is 0.0207. The second kappa shape index (κ2) is 6.70. The van der Waals surface area contributed by atoms with Crippen LogP contribution in [0.4, 0.5) is 5.69 Å². The molecule has 0 aliphatic rings. The van der Waals surface area contributed by atoms with Gasteiger partial charge in [0, 0.05) is 40.0 Å². The predicted octanol–water partition coefficient (Wildman–Crippen LogP) is 5.40. The van der Waals surface area contributed by atoms with Crippen LogP contribution in [0.15, 0.2) is 79.0 Å².